The Kier molecular flexibility index (Phi) is 4.70. The fourth-order valence-electron chi connectivity index (χ4n) is 6.51. The fourth-order valence-corrected chi connectivity index (χ4v) is 6.51. The molecule has 7 rings (SSSR count). The van der Waals surface area contributed by atoms with Crippen LogP contribution in [0.2, 0.25) is 0 Å². The molecule has 2 aromatic carbocycles. The average Bonchev–Trinajstić information content (AvgIpc) is 3.65. The molecule has 1 aliphatic heterocycles. The zero-order chi connectivity index (χ0) is 25.4. The van der Waals surface area contributed by atoms with Crippen LogP contribution in [-0.4, -0.2) is 48.2 Å². The molecule has 3 aromatic heterocycles. The highest BCUT2D eigenvalue weighted by Crippen LogP contribution is 2.44. The number of nitrogens with zero attached hydrogens (tertiary/aromatic N) is 6. The SMILES string of the molecule is Cc1cc(-c2nn(-c3ccc(N4C[C@@H]5C[C@H]4C[C@H]5C(=O)O)nc3)c3c(C)cccc23)c2cn(C)nc2c1. The molecule has 4 heterocycles. The Bertz CT molecular complexity index is 1700. The van der Waals surface area contributed by atoms with Crippen molar-refractivity contribution < 1.29 is 9.90 Å². The number of carboxylic acid groups (broad SMARTS) is 1. The first-order valence-corrected chi connectivity index (χ1v) is 12.8. The molecular formula is C29H28N6O2. The van der Waals surface area contributed by atoms with Crippen molar-refractivity contribution >= 4 is 33.6 Å². The summed E-state index contributed by atoms with van der Waals surface area (Å²) in [4.78, 5) is 18.6. The number of carbonyl (C=O) groups is 1. The lowest BCUT2D eigenvalue weighted by molar-refractivity contribution is -0.143. The summed E-state index contributed by atoms with van der Waals surface area (Å²) in [5.41, 5.74) is 7.22. The third-order valence-electron chi connectivity index (χ3n) is 8.17. The summed E-state index contributed by atoms with van der Waals surface area (Å²) in [6.45, 7) is 4.96. The molecule has 5 aromatic rings. The van der Waals surface area contributed by atoms with Crippen LogP contribution in [0.5, 0.6) is 0 Å². The molecule has 8 nitrogen and oxygen atoms in total. The molecule has 1 saturated carbocycles. The van der Waals surface area contributed by atoms with Crippen molar-refractivity contribution in [3.05, 3.63) is 66.0 Å². The zero-order valence-electron chi connectivity index (χ0n) is 21.1. The van der Waals surface area contributed by atoms with E-state index in [0.29, 0.717) is 6.42 Å². The predicted molar refractivity (Wildman–Crippen MR) is 143 cm³/mol. The van der Waals surface area contributed by atoms with Crippen LogP contribution in [0.4, 0.5) is 5.82 Å². The van der Waals surface area contributed by atoms with E-state index in [0.717, 1.165) is 68.7 Å². The molecular weight excluding hydrogens is 464 g/mol. The van der Waals surface area contributed by atoms with E-state index in [1.54, 1.807) is 0 Å². The van der Waals surface area contributed by atoms with Crippen LogP contribution in [-0.2, 0) is 11.8 Å². The largest absolute Gasteiger partial charge is 0.481 e. The van der Waals surface area contributed by atoms with Crippen molar-refractivity contribution in [2.45, 2.75) is 32.7 Å². The number of anilines is 1. The van der Waals surface area contributed by atoms with Crippen LogP contribution < -0.4 is 4.90 Å². The second kappa shape index (κ2) is 7.90. The smallest absolute Gasteiger partial charge is 0.306 e. The number of pyridine rings is 1. The van der Waals surface area contributed by atoms with Crippen LogP contribution in [0.1, 0.15) is 24.0 Å². The Morgan fingerprint density at radius 1 is 1.05 bits per heavy atom. The Morgan fingerprint density at radius 2 is 1.92 bits per heavy atom. The maximum Gasteiger partial charge on any atom is 0.306 e. The van der Waals surface area contributed by atoms with Gasteiger partial charge in [-0.1, -0.05) is 18.2 Å². The highest BCUT2D eigenvalue weighted by Gasteiger charge is 2.48. The lowest BCUT2D eigenvalue weighted by Crippen LogP contribution is -2.38. The first-order valence-electron chi connectivity index (χ1n) is 12.8. The number of aryl methyl sites for hydroxylation is 3. The van der Waals surface area contributed by atoms with Gasteiger partial charge in [0.2, 0.25) is 0 Å². The van der Waals surface area contributed by atoms with Gasteiger partial charge in [-0.2, -0.15) is 10.2 Å². The van der Waals surface area contributed by atoms with Crippen LogP contribution >= 0.6 is 0 Å². The minimum atomic E-state index is -0.663. The summed E-state index contributed by atoms with van der Waals surface area (Å²) in [6, 6.07) is 15.0. The van der Waals surface area contributed by atoms with Crippen LogP contribution in [0.3, 0.4) is 0 Å². The molecule has 0 amide bonds. The van der Waals surface area contributed by atoms with Gasteiger partial charge in [-0.25, -0.2) is 9.67 Å². The average molecular weight is 493 g/mol. The number of para-hydroxylation sites is 1. The van der Waals surface area contributed by atoms with E-state index < -0.39 is 5.97 Å². The molecule has 186 valence electrons. The molecule has 0 radical (unpaired) electrons. The molecule has 1 aliphatic carbocycles. The Morgan fingerprint density at radius 3 is 2.65 bits per heavy atom. The maximum atomic E-state index is 11.5. The lowest BCUT2D eigenvalue weighted by Gasteiger charge is -2.30. The first kappa shape index (κ1) is 22.0. The van der Waals surface area contributed by atoms with E-state index >= 15 is 0 Å². The normalized spacial score (nSPS) is 20.9. The lowest BCUT2D eigenvalue weighted by atomic mass is 9.95. The molecule has 8 heteroatoms. The van der Waals surface area contributed by atoms with Crippen molar-refractivity contribution in [2.75, 3.05) is 11.4 Å². The number of fused-ring (bicyclic) bond motifs is 4. The quantitative estimate of drug-likeness (QED) is 0.384. The van der Waals surface area contributed by atoms with E-state index in [-0.39, 0.29) is 17.9 Å². The van der Waals surface area contributed by atoms with E-state index in [1.165, 1.54) is 0 Å². The number of aromatic nitrogens is 5. The van der Waals surface area contributed by atoms with Gasteiger partial charge in [-0.05, 0) is 68.0 Å². The molecule has 3 atom stereocenters. The van der Waals surface area contributed by atoms with Gasteiger partial charge < -0.3 is 10.0 Å². The van der Waals surface area contributed by atoms with Gasteiger partial charge >= 0.3 is 5.97 Å². The Balaban J connectivity index is 1.31. The third kappa shape index (κ3) is 3.35. The van der Waals surface area contributed by atoms with Gasteiger partial charge in [0.05, 0.1) is 28.8 Å². The summed E-state index contributed by atoms with van der Waals surface area (Å²) in [5.74, 6) is 0.238. The minimum Gasteiger partial charge on any atom is -0.481 e. The van der Waals surface area contributed by atoms with Crippen LogP contribution in [0, 0.1) is 25.7 Å². The third-order valence-corrected chi connectivity index (χ3v) is 8.17. The molecule has 0 spiro atoms. The zero-order valence-corrected chi connectivity index (χ0v) is 21.1. The van der Waals surface area contributed by atoms with Gasteiger partial charge in [0, 0.05) is 42.2 Å². The topological polar surface area (TPSA) is 89.1 Å². The van der Waals surface area contributed by atoms with E-state index in [9.17, 15) is 9.90 Å². The number of hydrogen-bond acceptors (Lipinski definition) is 5. The first-order chi connectivity index (χ1) is 17.9. The maximum absolute atomic E-state index is 11.5. The van der Waals surface area contributed by atoms with Gasteiger partial charge in [0.15, 0.2) is 0 Å². The molecule has 1 N–H and O–H groups in total. The molecule has 2 bridgehead atoms. The van der Waals surface area contributed by atoms with Gasteiger partial charge in [-0.3, -0.25) is 9.48 Å². The summed E-state index contributed by atoms with van der Waals surface area (Å²) in [7, 11) is 1.95. The second-order valence-electron chi connectivity index (χ2n) is 10.6. The van der Waals surface area contributed by atoms with Gasteiger partial charge in [0.1, 0.15) is 11.5 Å². The molecule has 37 heavy (non-hydrogen) atoms. The number of benzene rings is 2. The summed E-state index contributed by atoms with van der Waals surface area (Å²) < 4.78 is 3.85. The molecule has 2 aliphatic rings. The number of carboxylic acids is 1. The van der Waals surface area contributed by atoms with Gasteiger partial charge in [-0.15, -0.1) is 0 Å². The second-order valence-corrected chi connectivity index (χ2v) is 10.6. The standard InChI is InChI=1S/C29H28N6O2/c1-16-9-23(24-15-33(3)31-25(24)10-16)27-21-6-4-5-17(2)28(21)35(32-27)19-7-8-26(30-13-19)34-14-18-11-20(34)12-22(18)29(36)37/h4-10,13,15,18,20,22H,11-12,14H2,1-3H3,(H,36,37)/t18-,20-,22+/m0/s1. The Labute approximate surface area is 214 Å². The number of piperidine rings is 1. The predicted octanol–water partition coefficient (Wildman–Crippen LogP) is 4.89. The summed E-state index contributed by atoms with van der Waals surface area (Å²) in [5, 5.41) is 21.4. The van der Waals surface area contributed by atoms with Crippen molar-refractivity contribution in [1.29, 1.82) is 0 Å². The number of aliphatic carboxylic acids is 1. The van der Waals surface area contributed by atoms with Crippen molar-refractivity contribution in [3.8, 4) is 16.9 Å². The van der Waals surface area contributed by atoms with E-state index in [2.05, 4.69) is 66.4 Å². The highest BCUT2D eigenvalue weighted by molar-refractivity contribution is 6.04. The van der Waals surface area contributed by atoms with E-state index in [1.807, 2.05) is 28.7 Å². The van der Waals surface area contributed by atoms with Crippen LogP contribution in [0.25, 0.3) is 38.8 Å². The summed E-state index contributed by atoms with van der Waals surface area (Å²) >= 11 is 0. The van der Waals surface area contributed by atoms with Crippen molar-refractivity contribution in [2.24, 2.45) is 18.9 Å². The Hall–Kier alpha value is -4.20. The van der Waals surface area contributed by atoms with E-state index in [4.69, 9.17) is 10.1 Å². The highest BCUT2D eigenvalue weighted by atomic mass is 16.4. The van der Waals surface area contributed by atoms with Gasteiger partial charge in [0.25, 0.3) is 0 Å². The molecule has 1 saturated heterocycles. The number of hydrogen-bond donors (Lipinski definition) is 1. The van der Waals surface area contributed by atoms with Crippen LogP contribution in [0.15, 0.2) is 54.9 Å². The molecule has 2 fully saturated rings. The summed E-state index contributed by atoms with van der Waals surface area (Å²) in [6.07, 6.45) is 5.58. The fraction of sp³-hybridized carbons (Fsp3) is 0.310. The van der Waals surface area contributed by atoms with Crippen molar-refractivity contribution in [3.63, 3.8) is 0 Å². The molecule has 0 unspecified atom stereocenters. The van der Waals surface area contributed by atoms with Crippen molar-refractivity contribution in [1.82, 2.24) is 24.5 Å². The number of rotatable bonds is 4. The monoisotopic (exact) mass is 492 g/mol. The minimum absolute atomic E-state index is 0.211.